The van der Waals surface area contributed by atoms with Crippen LogP contribution in [0.5, 0.6) is 0 Å². The number of ether oxygens (including phenoxy) is 1. The predicted molar refractivity (Wildman–Crippen MR) is 130 cm³/mol. The van der Waals surface area contributed by atoms with Gasteiger partial charge in [-0.05, 0) is 69.0 Å². The van der Waals surface area contributed by atoms with Gasteiger partial charge in [-0.15, -0.1) is 10.2 Å². The number of benzene rings is 2. The molecule has 1 saturated heterocycles. The van der Waals surface area contributed by atoms with Gasteiger partial charge in [0.2, 0.25) is 5.89 Å². The Morgan fingerprint density at radius 2 is 1.87 bits per heavy atom. The largest absolute Gasteiger partial charge is 0.444 e. The van der Waals surface area contributed by atoms with Crippen LogP contribution in [0.4, 0.5) is 18.0 Å². The number of halogens is 3. The molecular weight excluding hydrogens is 501 g/mol. The lowest BCUT2D eigenvalue weighted by molar-refractivity contribution is -0.00969. The maximum atomic E-state index is 13.8. The number of carbonyl (C=O) groups excluding carboxylic acids is 2. The molecule has 0 radical (unpaired) electrons. The Labute approximate surface area is 217 Å². The molecule has 0 N–H and O–H groups in total. The van der Waals surface area contributed by atoms with Crippen LogP contribution >= 0.6 is 0 Å². The number of likely N-dealkylation sites (tertiary alicyclic amines) is 1. The van der Waals surface area contributed by atoms with E-state index < -0.39 is 41.9 Å². The average molecular weight is 529 g/mol. The summed E-state index contributed by atoms with van der Waals surface area (Å²) in [4.78, 5) is 30.2. The van der Waals surface area contributed by atoms with Crippen molar-refractivity contribution < 1.29 is 31.9 Å². The lowest BCUT2D eigenvalue weighted by Gasteiger charge is -2.45. The molecule has 3 heterocycles. The SMILES string of the molecule is CC(C)(C)OC(=O)N1CCCC(N2Cc3ccc(-c4nnc(C(F)F)o4)cc3C2=O)C1c1ccc(F)cc1. The summed E-state index contributed by atoms with van der Waals surface area (Å²) in [6.45, 7) is 6.07. The van der Waals surface area contributed by atoms with Gasteiger partial charge in [-0.25, -0.2) is 9.18 Å². The van der Waals surface area contributed by atoms with E-state index in [0.717, 1.165) is 5.56 Å². The van der Waals surface area contributed by atoms with Gasteiger partial charge in [-0.2, -0.15) is 8.78 Å². The summed E-state index contributed by atoms with van der Waals surface area (Å²) in [6.07, 6.45) is -2.14. The van der Waals surface area contributed by atoms with Crippen molar-refractivity contribution in [2.75, 3.05) is 6.54 Å². The standard InChI is InChI=1S/C27H27F3N4O4/c1-27(2,3)38-26(36)33-12-4-5-20(21(33)15-8-10-18(28)11-9-15)34-14-17-7-6-16(13-19(17)25(34)35)23-31-32-24(37-23)22(29)30/h6-11,13,20-22H,4-5,12,14H2,1-3H3. The second-order valence-electron chi connectivity index (χ2n) is 10.4. The molecule has 0 spiro atoms. The number of nitrogens with zero attached hydrogens (tertiary/aromatic N) is 4. The number of alkyl halides is 2. The highest BCUT2D eigenvalue weighted by molar-refractivity contribution is 5.99. The van der Waals surface area contributed by atoms with Crippen LogP contribution in [-0.4, -0.2) is 50.2 Å². The molecule has 38 heavy (non-hydrogen) atoms. The number of rotatable bonds is 4. The van der Waals surface area contributed by atoms with Gasteiger partial charge in [-0.1, -0.05) is 18.2 Å². The van der Waals surface area contributed by atoms with Crippen molar-refractivity contribution in [3.8, 4) is 11.5 Å². The van der Waals surface area contributed by atoms with Crippen molar-refractivity contribution in [2.45, 2.75) is 64.3 Å². The first-order chi connectivity index (χ1) is 18.0. The Kier molecular flexibility index (Phi) is 6.62. The first-order valence-electron chi connectivity index (χ1n) is 12.3. The molecule has 0 aliphatic carbocycles. The number of carbonyl (C=O) groups is 2. The molecule has 11 heteroatoms. The predicted octanol–water partition coefficient (Wildman–Crippen LogP) is 5.91. The van der Waals surface area contributed by atoms with Crippen LogP contribution in [-0.2, 0) is 11.3 Å². The van der Waals surface area contributed by atoms with E-state index in [1.54, 1.807) is 60.9 Å². The number of hydrogen-bond donors (Lipinski definition) is 0. The summed E-state index contributed by atoms with van der Waals surface area (Å²) >= 11 is 0. The summed E-state index contributed by atoms with van der Waals surface area (Å²) in [5, 5.41) is 7.03. The summed E-state index contributed by atoms with van der Waals surface area (Å²) in [5.41, 5.74) is 1.47. The Bertz CT molecular complexity index is 1350. The third-order valence-electron chi connectivity index (χ3n) is 6.66. The Hall–Kier alpha value is -3.89. The summed E-state index contributed by atoms with van der Waals surface area (Å²) in [6, 6.07) is 9.88. The van der Waals surface area contributed by atoms with Crippen LogP contribution in [0.1, 0.15) is 73.5 Å². The molecule has 1 aromatic heterocycles. The van der Waals surface area contributed by atoms with Crippen molar-refractivity contribution in [1.82, 2.24) is 20.0 Å². The fourth-order valence-electron chi connectivity index (χ4n) is 5.05. The van der Waals surface area contributed by atoms with Gasteiger partial charge in [0.25, 0.3) is 11.8 Å². The minimum Gasteiger partial charge on any atom is -0.444 e. The minimum absolute atomic E-state index is 0.104. The molecule has 0 bridgehead atoms. The highest BCUT2D eigenvalue weighted by Gasteiger charge is 2.44. The van der Waals surface area contributed by atoms with E-state index in [9.17, 15) is 22.8 Å². The van der Waals surface area contributed by atoms with Crippen LogP contribution in [0.25, 0.3) is 11.5 Å². The number of fused-ring (bicyclic) bond motifs is 1. The Morgan fingerprint density at radius 1 is 1.13 bits per heavy atom. The maximum absolute atomic E-state index is 13.8. The maximum Gasteiger partial charge on any atom is 0.410 e. The normalized spacial score (nSPS) is 19.7. The lowest BCUT2D eigenvalue weighted by Crippen LogP contribution is -2.53. The summed E-state index contributed by atoms with van der Waals surface area (Å²) in [7, 11) is 0. The van der Waals surface area contributed by atoms with Gasteiger partial charge in [-0.3, -0.25) is 9.69 Å². The van der Waals surface area contributed by atoms with Gasteiger partial charge < -0.3 is 14.1 Å². The lowest BCUT2D eigenvalue weighted by atomic mass is 9.89. The van der Waals surface area contributed by atoms with E-state index in [-0.39, 0.29) is 11.8 Å². The number of amides is 2. The van der Waals surface area contributed by atoms with Crippen molar-refractivity contribution in [3.63, 3.8) is 0 Å². The zero-order valence-corrected chi connectivity index (χ0v) is 21.2. The molecule has 0 saturated carbocycles. The first-order valence-corrected chi connectivity index (χ1v) is 12.3. The first kappa shape index (κ1) is 25.7. The van der Waals surface area contributed by atoms with Crippen LogP contribution in [0, 0.1) is 5.82 Å². The molecule has 2 unspecified atom stereocenters. The third kappa shape index (κ3) is 4.97. The van der Waals surface area contributed by atoms with E-state index >= 15 is 0 Å². The average Bonchev–Trinajstić information content (AvgIpc) is 3.48. The molecule has 5 rings (SSSR count). The topological polar surface area (TPSA) is 88.8 Å². The van der Waals surface area contributed by atoms with Crippen molar-refractivity contribution in [2.24, 2.45) is 0 Å². The molecule has 200 valence electrons. The minimum atomic E-state index is -2.90. The summed E-state index contributed by atoms with van der Waals surface area (Å²) in [5.74, 6) is -1.57. The van der Waals surface area contributed by atoms with E-state index in [1.165, 1.54) is 12.1 Å². The number of hydrogen-bond acceptors (Lipinski definition) is 6. The van der Waals surface area contributed by atoms with Crippen LogP contribution in [0.3, 0.4) is 0 Å². The van der Waals surface area contributed by atoms with E-state index in [2.05, 4.69) is 10.2 Å². The van der Waals surface area contributed by atoms with E-state index in [1.807, 2.05) is 0 Å². The van der Waals surface area contributed by atoms with Crippen LogP contribution < -0.4 is 0 Å². The van der Waals surface area contributed by atoms with Gasteiger partial charge in [0, 0.05) is 24.2 Å². The van der Waals surface area contributed by atoms with Gasteiger partial charge in [0.15, 0.2) is 0 Å². The highest BCUT2D eigenvalue weighted by Crippen LogP contribution is 2.40. The zero-order chi connectivity index (χ0) is 27.2. The fraction of sp³-hybridized carbons (Fsp3) is 0.407. The monoisotopic (exact) mass is 528 g/mol. The number of piperidine rings is 1. The summed E-state index contributed by atoms with van der Waals surface area (Å²) < 4.78 is 50.3. The second kappa shape index (κ2) is 9.77. The third-order valence-corrected chi connectivity index (χ3v) is 6.66. The van der Waals surface area contributed by atoms with Crippen LogP contribution in [0.2, 0.25) is 0 Å². The van der Waals surface area contributed by atoms with E-state index in [0.29, 0.717) is 42.6 Å². The molecular formula is C27H27F3N4O4. The molecule has 2 aliphatic rings. The molecule has 2 aliphatic heterocycles. The molecule has 3 aromatic rings. The smallest absolute Gasteiger partial charge is 0.410 e. The quantitative estimate of drug-likeness (QED) is 0.418. The zero-order valence-electron chi connectivity index (χ0n) is 21.2. The van der Waals surface area contributed by atoms with Gasteiger partial charge in [0.1, 0.15) is 11.4 Å². The molecule has 2 atom stereocenters. The van der Waals surface area contributed by atoms with Crippen molar-refractivity contribution >= 4 is 12.0 Å². The Balaban J connectivity index is 1.47. The Morgan fingerprint density at radius 3 is 2.53 bits per heavy atom. The van der Waals surface area contributed by atoms with Gasteiger partial charge in [0.05, 0.1) is 12.1 Å². The molecule has 1 fully saturated rings. The second-order valence-corrected chi connectivity index (χ2v) is 10.4. The highest BCUT2D eigenvalue weighted by atomic mass is 19.3. The van der Waals surface area contributed by atoms with Crippen molar-refractivity contribution in [3.05, 3.63) is 70.9 Å². The van der Waals surface area contributed by atoms with Gasteiger partial charge >= 0.3 is 12.5 Å². The molecule has 2 aromatic carbocycles. The fourth-order valence-corrected chi connectivity index (χ4v) is 5.05. The van der Waals surface area contributed by atoms with Crippen molar-refractivity contribution in [1.29, 1.82) is 0 Å². The number of aromatic nitrogens is 2. The molecule has 2 amide bonds. The molecule has 8 nitrogen and oxygen atoms in total. The van der Waals surface area contributed by atoms with E-state index in [4.69, 9.17) is 9.15 Å². The van der Waals surface area contributed by atoms with Crippen LogP contribution in [0.15, 0.2) is 46.9 Å².